The summed E-state index contributed by atoms with van der Waals surface area (Å²) in [6.07, 6.45) is 37.3. The molecular formula is C42H66OS. The maximum absolute atomic E-state index is 6.06. The lowest BCUT2D eigenvalue weighted by molar-refractivity contribution is 0.304. The third kappa shape index (κ3) is 19.5. The van der Waals surface area contributed by atoms with Crippen molar-refractivity contribution in [3.8, 4) is 5.75 Å². The van der Waals surface area contributed by atoms with Gasteiger partial charge >= 0.3 is 0 Å². The van der Waals surface area contributed by atoms with Crippen LogP contribution >= 0.6 is 12.2 Å². The molecular weight excluding hydrogens is 553 g/mol. The molecule has 0 aliphatic heterocycles. The first-order valence-corrected chi connectivity index (χ1v) is 19.2. The third-order valence-corrected chi connectivity index (χ3v) is 9.27. The van der Waals surface area contributed by atoms with Crippen LogP contribution in [-0.4, -0.2) is 11.5 Å². The SMILES string of the molecule is CCCCCCCCCCCCCCCCCCCCCc1ccc(C(=S)C=Cc2ccccc2OCCCCCC)cc1. The van der Waals surface area contributed by atoms with Crippen molar-refractivity contribution in [1.82, 2.24) is 0 Å². The molecule has 2 rings (SSSR count). The van der Waals surface area contributed by atoms with Gasteiger partial charge in [0.05, 0.1) is 6.61 Å². The predicted octanol–water partition coefficient (Wildman–Crippen LogP) is 14.1. The summed E-state index contributed by atoms with van der Waals surface area (Å²) in [5.41, 5.74) is 3.63. The van der Waals surface area contributed by atoms with Crippen molar-refractivity contribution in [2.45, 2.75) is 168 Å². The smallest absolute Gasteiger partial charge is 0.126 e. The van der Waals surface area contributed by atoms with Gasteiger partial charge in [-0.3, -0.25) is 0 Å². The van der Waals surface area contributed by atoms with Gasteiger partial charge in [-0.15, -0.1) is 0 Å². The number of para-hydroxylation sites is 1. The van der Waals surface area contributed by atoms with E-state index >= 15 is 0 Å². The van der Waals surface area contributed by atoms with Gasteiger partial charge in [-0.2, -0.15) is 0 Å². The van der Waals surface area contributed by atoms with Gasteiger partial charge in [0, 0.05) is 10.4 Å². The monoisotopic (exact) mass is 618 g/mol. The fraction of sp³-hybridized carbons (Fsp3) is 0.643. The van der Waals surface area contributed by atoms with Crippen LogP contribution in [-0.2, 0) is 6.42 Å². The lowest BCUT2D eigenvalue weighted by Gasteiger charge is -2.09. The molecule has 2 aromatic rings. The molecule has 0 unspecified atom stereocenters. The topological polar surface area (TPSA) is 9.23 Å². The van der Waals surface area contributed by atoms with E-state index in [0.717, 1.165) is 34.8 Å². The second-order valence-corrected chi connectivity index (χ2v) is 13.4. The van der Waals surface area contributed by atoms with E-state index in [1.165, 1.54) is 153 Å². The van der Waals surface area contributed by atoms with E-state index in [2.05, 4.69) is 62.4 Å². The summed E-state index contributed by atoms with van der Waals surface area (Å²) in [5, 5.41) is 0. The Bertz CT molecular complexity index is 976. The van der Waals surface area contributed by atoms with E-state index < -0.39 is 0 Å². The van der Waals surface area contributed by atoms with E-state index in [0.29, 0.717) is 0 Å². The molecule has 0 atom stereocenters. The van der Waals surface area contributed by atoms with E-state index in [-0.39, 0.29) is 0 Å². The summed E-state index contributed by atoms with van der Waals surface area (Å²) in [5.74, 6) is 0.943. The maximum atomic E-state index is 6.06. The predicted molar refractivity (Wildman–Crippen MR) is 200 cm³/mol. The minimum absolute atomic E-state index is 0.774. The Kier molecular flexibility index (Phi) is 23.8. The number of benzene rings is 2. The van der Waals surface area contributed by atoms with E-state index in [1.54, 1.807) is 0 Å². The van der Waals surface area contributed by atoms with Crippen LogP contribution in [0.2, 0.25) is 0 Å². The fourth-order valence-corrected chi connectivity index (χ4v) is 6.17. The molecule has 1 nitrogen and oxygen atoms in total. The van der Waals surface area contributed by atoms with Crippen LogP contribution in [0.1, 0.15) is 178 Å². The normalized spacial score (nSPS) is 11.4. The summed E-state index contributed by atoms with van der Waals surface area (Å²) in [7, 11) is 0. The highest BCUT2D eigenvalue weighted by Crippen LogP contribution is 2.21. The van der Waals surface area contributed by atoms with Crippen molar-refractivity contribution >= 4 is 23.2 Å². The van der Waals surface area contributed by atoms with Crippen LogP contribution in [0.3, 0.4) is 0 Å². The number of rotatable bonds is 29. The lowest BCUT2D eigenvalue weighted by atomic mass is 10.0. The molecule has 0 bridgehead atoms. The molecule has 0 saturated heterocycles. The molecule has 0 spiro atoms. The van der Waals surface area contributed by atoms with Gasteiger partial charge in [0.25, 0.3) is 0 Å². The molecule has 0 N–H and O–H groups in total. The van der Waals surface area contributed by atoms with Gasteiger partial charge in [-0.1, -0.05) is 203 Å². The molecule has 0 heterocycles. The third-order valence-electron chi connectivity index (χ3n) is 8.90. The minimum atomic E-state index is 0.774. The van der Waals surface area contributed by atoms with Gasteiger partial charge in [0.15, 0.2) is 0 Å². The van der Waals surface area contributed by atoms with Gasteiger partial charge < -0.3 is 4.74 Å². The van der Waals surface area contributed by atoms with Crippen molar-refractivity contribution in [3.63, 3.8) is 0 Å². The Morgan fingerprint density at radius 1 is 0.545 bits per heavy atom. The van der Waals surface area contributed by atoms with Gasteiger partial charge in [0.2, 0.25) is 0 Å². The molecule has 0 aromatic heterocycles. The Balaban J connectivity index is 1.48. The molecule has 2 aromatic carbocycles. The zero-order chi connectivity index (χ0) is 31.3. The molecule has 0 saturated carbocycles. The number of allylic oxidation sites excluding steroid dienone is 1. The zero-order valence-corrected chi connectivity index (χ0v) is 29.6. The van der Waals surface area contributed by atoms with Gasteiger partial charge in [-0.25, -0.2) is 0 Å². The number of hydrogen-bond donors (Lipinski definition) is 0. The Labute approximate surface area is 278 Å². The first-order chi connectivity index (χ1) is 21.7. The summed E-state index contributed by atoms with van der Waals surface area (Å²) < 4.78 is 6.06. The minimum Gasteiger partial charge on any atom is -0.493 e. The van der Waals surface area contributed by atoms with Gasteiger partial charge in [0.1, 0.15) is 5.75 Å². The number of aryl methyl sites for hydroxylation is 1. The standard InChI is InChI=1S/C42H66OS/c1-3-5-7-9-10-11-12-13-14-15-16-17-18-19-20-21-22-23-24-28-38-31-33-40(34-32-38)42(44)36-35-39-29-25-26-30-41(39)43-37-27-8-6-4-2/h25-26,29-36H,3-24,27-28,37H2,1-2H3. The molecule has 0 amide bonds. The van der Waals surface area contributed by atoms with Gasteiger partial charge in [-0.05, 0) is 48.6 Å². The zero-order valence-electron chi connectivity index (χ0n) is 28.8. The molecule has 0 aliphatic carbocycles. The van der Waals surface area contributed by atoms with Crippen LogP contribution in [0.5, 0.6) is 5.75 Å². The highest BCUT2D eigenvalue weighted by molar-refractivity contribution is 7.81. The quantitative estimate of drug-likeness (QED) is 0.0388. The van der Waals surface area contributed by atoms with Crippen LogP contribution in [0.15, 0.2) is 54.6 Å². The van der Waals surface area contributed by atoms with E-state index in [9.17, 15) is 0 Å². The number of thiocarbonyl (C=S) groups is 1. The molecule has 0 radical (unpaired) electrons. The van der Waals surface area contributed by atoms with Crippen molar-refractivity contribution in [2.75, 3.05) is 6.61 Å². The molecule has 246 valence electrons. The van der Waals surface area contributed by atoms with Crippen LogP contribution in [0.25, 0.3) is 6.08 Å². The maximum Gasteiger partial charge on any atom is 0.126 e. The van der Waals surface area contributed by atoms with E-state index in [1.807, 2.05) is 12.1 Å². The number of ether oxygens (including phenoxy) is 1. The first-order valence-electron chi connectivity index (χ1n) is 18.8. The number of unbranched alkanes of at least 4 members (excludes halogenated alkanes) is 21. The molecule has 2 heteroatoms. The van der Waals surface area contributed by atoms with Crippen LogP contribution in [0, 0.1) is 0 Å². The summed E-state index contributed by atoms with van der Waals surface area (Å²) in [6, 6.07) is 17.1. The summed E-state index contributed by atoms with van der Waals surface area (Å²) >= 11 is 5.73. The highest BCUT2D eigenvalue weighted by Gasteiger charge is 2.03. The Morgan fingerprint density at radius 3 is 1.52 bits per heavy atom. The fourth-order valence-electron chi connectivity index (χ4n) is 5.97. The summed E-state index contributed by atoms with van der Waals surface area (Å²) in [6.45, 7) is 5.31. The Hall–Kier alpha value is -1.93. The Morgan fingerprint density at radius 2 is 1.00 bits per heavy atom. The van der Waals surface area contributed by atoms with Crippen molar-refractivity contribution in [3.05, 3.63) is 71.3 Å². The van der Waals surface area contributed by atoms with Crippen molar-refractivity contribution < 1.29 is 4.74 Å². The average molecular weight is 619 g/mol. The highest BCUT2D eigenvalue weighted by atomic mass is 32.1. The average Bonchev–Trinajstić information content (AvgIpc) is 3.05. The van der Waals surface area contributed by atoms with E-state index in [4.69, 9.17) is 17.0 Å². The second-order valence-electron chi connectivity index (χ2n) is 13.0. The second kappa shape index (κ2) is 27.4. The summed E-state index contributed by atoms with van der Waals surface area (Å²) in [4.78, 5) is 0.873. The molecule has 44 heavy (non-hydrogen) atoms. The largest absolute Gasteiger partial charge is 0.493 e. The lowest BCUT2D eigenvalue weighted by Crippen LogP contribution is -1.99. The van der Waals surface area contributed by atoms with Crippen molar-refractivity contribution in [1.29, 1.82) is 0 Å². The molecule has 0 fully saturated rings. The van der Waals surface area contributed by atoms with Crippen molar-refractivity contribution in [2.24, 2.45) is 0 Å². The number of hydrogen-bond acceptors (Lipinski definition) is 2. The van der Waals surface area contributed by atoms with Crippen LogP contribution in [0.4, 0.5) is 0 Å². The first kappa shape index (κ1) is 38.3. The van der Waals surface area contributed by atoms with Crippen LogP contribution < -0.4 is 4.74 Å². The molecule has 0 aliphatic rings.